The maximum absolute atomic E-state index is 11.6. The van der Waals surface area contributed by atoms with Crippen molar-refractivity contribution in [1.29, 1.82) is 0 Å². The van der Waals surface area contributed by atoms with Crippen LogP contribution in [0.4, 0.5) is 0 Å². The van der Waals surface area contributed by atoms with Crippen LogP contribution >= 0.6 is 0 Å². The minimum absolute atomic E-state index is 0.318. The van der Waals surface area contributed by atoms with Crippen LogP contribution in [0.3, 0.4) is 0 Å². The van der Waals surface area contributed by atoms with E-state index in [0.29, 0.717) is 18.0 Å². The molecule has 7 heteroatoms. The molecule has 0 amide bonds. The third kappa shape index (κ3) is 4.78. The molecule has 0 bridgehead atoms. The molecule has 4 aromatic rings. The quantitative estimate of drug-likeness (QED) is 0.421. The van der Waals surface area contributed by atoms with Crippen LogP contribution in [0.2, 0.25) is 0 Å². The summed E-state index contributed by atoms with van der Waals surface area (Å²) in [7, 11) is 1.39. The van der Waals surface area contributed by atoms with Gasteiger partial charge in [0.25, 0.3) is 0 Å². The number of rotatable bonds is 6. The molecule has 7 nitrogen and oxygen atoms in total. The SMILES string of the molecule is COC(=O)c1ccc(Cn2ccc3cc(C4CCN(Cc5ncccn5)CC4)cnc32)cc1. The highest BCUT2D eigenvalue weighted by molar-refractivity contribution is 5.89. The molecule has 1 fully saturated rings. The number of esters is 1. The molecule has 0 N–H and O–H groups in total. The highest BCUT2D eigenvalue weighted by atomic mass is 16.5. The van der Waals surface area contributed by atoms with Gasteiger partial charge in [-0.15, -0.1) is 0 Å². The largest absolute Gasteiger partial charge is 0.465 e. The van der Waals surface area contributed by atoms with Gasteiger partial charge in [-0.05, 0) is 73.3 Å². The van der Waals surface area contributed by atoms with E-state index in [9.17, 15) is 4.79 Å². The predicted octanol–water partition coefficient (Wildman–Crippen LogP) is 4.04. The number of methoxy groups -OCH3 is 1. The third-order valence-electron chi connectivity index (χ3n) is 6.39. The van der Waals surface area contributed by atoms with Gasteiger partial charge in [-0.2, -0.15) is 0 Å². The van der Waals surface area contributed by atoms with Gasteiger partial charge in [0.2, 0.25) is 0 Å². The molecule has 1 aliphatic rings. The molecule has 3 aromatic heterocycles. The van der Waals surface area contributed by atoms with Gasteiger partial charge in [-0.25, -0.2) is 19.7 Å². The molecule has 168 valence electrons. The van der Waals surface area contributed by atoms with E-state index >= 15 is 0 Å². The number of aromatic nitrogens is 4. The Bertz CT molecular complexity index is 1230. The van der Waals surface area contributed by atoms with E-state index in [4.69, 9.17) is 9.72 Å². The highest BCUT2D eigenvalue weighted by Crippen LogP contribution is 2.30. The number of carbonyl (C=O) groups excluding carboxylic acids is 1. The molecular formula is C26H27N5O2. The first-order chi connectivity index (χ1) is 16.2. The Hall–Kier alpha value is -3.58. The lowest BCUT2D eigenvalue weighted by atomic mass is 9.90. The van der Waals surface area contributed by atoms with Gasteiger partial charge in [0.15, 0.2) is 0 Å². The Balaban J connectivity index is 1.23. The van der Waals surface area contributed by atoms with E-state index < -0.39 is 0 Å². The van der Waals surface area contributed by atoms with Crippen molar-refractivity contribution in [2.45, 2.75) is 31.8 Å². The summed E-state index contributed by atoms with van der Waals surface area (Å²) in [5.41, 5.74) is 3.97. The Morgan fingerprint density at radius 1 is 1.03 bits per heavy atom. The predicted molar refractivity (Wildman–Crippen MR) is 126 cm³/mol. The first-order valence-electron chi connectivity index (χ1n) is 11.3. The zero-order chi connectivity index (χ0) is 22.6. The minimum Gasteiger partial charge on any atom is -0.465 e. The summed E-state index contributed by atoms with van der Waals surface area (Å²) in [4.78, 5) is 27.6. The van der Waals surface area contributed by atoms with E-state index in [0.717, 1.165) is 49.5 Å². The third-order valence-corrected chi connectivity index (χ3v) is 6.39. The van der Waals surface area contributed by atoms with Crippen LogP contribution in [0.5, 0.6) is 0 Å². The van der Waals surface area contributed by atoms with Gasteiger partial charge in [-0.1, -0.05) is 12.1 Å². The molecule has 1 saturated heterocycles. The van der Waals surface area contributed by atoms with E-state index in [2.05, 4.69) is 37.8 Å². The normalized spacial score (nSPS) is 15.1. The molecule has 0 aliphatic carbocycles. The smallest absolute Gasteiger partial charge is 0.337 e. The van der Waals surface area contributed by atoms with Gasteiger partial charge >= 0.3 is 5.97 Å². The molecule has 0 atom stereocenters. The van der Waals surface area contributed by atoms with Crippen molar-refractivity contribution in [2.75, 3.05) is 20.2 Å². The number of ether oxygens (including phenoxy) is 1. The average Bonchev–Trinajstić information content (AvgIpc) is 3.27. The topological polar surface area (TPSA) is 73.1 Å². The number of piperidine rings is 1. The van der Waals surface area contributed by atoms with E-state index in [1.165, 1.54) is 18.1 Å². The summed E-state index contributed by atoms with van der Waals surface area (Å²) < 4.78 is 6.92. The Morgan fingerprint density at radius 2 is 1.79 bits per heavy atom. The fourth-order valence-corrected chi connectivity index (χ4v) is 4.54. The van der Waals surface area contributed by atoms with Crippen LogP contribution in [0.1, 0.15) is 46.1 Å². The summed E-state index contributed by atoms with van der Waals surface area (Å²) in [6.45, 7) is 3.61. The van der Waals surface area contributed by atoms with Crippen LogP contribution in [-0.2, 0) is 17.8 Å². The van der Waals surface area contributed by atoms with Crippen LogP contribution in [0, 0.1) is 0 Å². The van der Waals surface area contributed by atoms with Gasteiger partial charge in [0.05, 0.1) is 19.2 Å². The molecule has 1 aromatic carbocycles. The van der Waals surface area contributed by atoms with Gasteiger partial charge in [0.1, 0.15) is 11.5 Å². The lowest BCUT2D eigenvalue weighted by Crippen LogP contribution is -2.33. The number of benzene rings is 1. The first kappa shape index (κ1) is 21.3. The molecule has 5 rings (SSSR count). The van der Waals surface area contributed by atoms with Crippen molar-refractivity contribution in [3.63, 3.8) is 0 Å². The second-order valence-corrected chi connectivity index (χ2v) is 8.53. The number of fused-ring (bicyclic) bond motifs is 1. The van der Waals surface area contributed by atoms with E-state index in [1.807, 2.05) is 24.4 Å². The van der Waals surface area contributed by atoms with Crippen molar-refractivity contribution in [3.05, 3.63) is 89.8 Å². The van der Waals surface area contributed by atoms with Crippen LogP contribution in [-0.4, -0.2) is 50.6 Å². The number of pyridine rings is 1. The molecule has 0 spiro atoms. The van der Waals surface area contributed by atoms with Crippen LogP contribution < -0.4 is 0 Å². The van der Waals surface area contributed by atoms with E-state index in [-0.39, 0.29) is 5.97 Å². The molecule has 33 heavy (non-hydrogen) atoms. The second-order valence-electron chi connectivity index (χ2n) is 8.53. The number of carbonyl (C=O) groups is 1. The van der Waals surface area contributed by atoms with Crippen molar-refractivity contribution in [1.82, 2.24) is 24.4 Å². The number of likely N-dealkylation sites (tertiary alicyclic amines) is 1. The summed E-state index contributed by atoms with van der Waals surface area (Å²) >= 11 is 0. The molecule has 0 saturated carbocycles. The number of hydrogen-bond donors (Lipinski definition) is 0. The summed E-state index contributed by atoms with van der Waals surface area (Å²) in [6.07, 6.45) is 9.97. The van der Waals surface area contributed by atoms with E-state index in [1.54, 1.807) is 24.5 Å². The number of nitrogens with zero attached hydrogens (tertiary/aromatic N) is 5. The maximum Gasteiger partial charge on any atom is 0.337 e. The van der Waals surface area contributed by atoms with Gasteiger partial charge in [-0.3, -0.25) is 4.90 Å². The fraction of sp³-hybridized carbons (Fsp3) is 0.308. The molecule has 1 aliphatic heterocycles. The summed E-state index contributed by atoms with van der Waals surface area (Å²) in [5, 5.41) is 1.17. The second kappa shape index (κ2) is 9.50. The molecule has 4 heterocycles. The van der Waals surface area contributed by atoms with Gasteiger partial charge < -0.3 is 9.30 Å². The monoisotopic (exact) mass is 441 g/mol. The highest BCUT2D eigenvalue weighted by Gasteiger charge is 2.22. The lowest BCUT2D eigenvalue weighted by molar-refractivity contribution is 0.0600. The van der Waals surface area contributed by atoms with Crippen LogP contribution in [0.15, 0.2) is 67.3 Å². The Kier molecular flexibility index (Phi) is 6.13. The zero-order valence-corrected chi connectivity index (χ0v) is 18.7. The molecule has 0 radical (unpaired) electrons. The number of hydrogen-bond acceptors (Lipinski definition) is 6. The van der Waals surface area contributed by atoms with Crippen molar-refractivity contribution in [2.24, 2.45) is 0 Å². The van der Waals surface area contributed by atoms with Gasteiger partial charge in [0, 0.05) is 36.7 Å². The minimum atomic E-state index is -0.318. The van der Waals surface area contributed by atoms with Crippen molar-refractivity contribution < 1.29 is 9.53 Å². The molecule has 0 unspecified atom stereocenters. The Morgan fingerprint density at radius 3 is 2.52 bits per heavy atom. The summed E-state index contributed by atoms with van der Waals surface area (Å²) in [6, 6.07) is 13.8. The van der Waals surface area contributed by atoms with Crippen molar-refractivity contribution in [3.8, 4) is 0 Å². The summed E-state index contributed by atoms with van der Waals surface area (Å²) in [5.74, 6) is 1.10. The zero-order valence-electron chi connectivity index (χ0n) is 18.7. The maximum atomic E-state index is 11.6. The average molecular weight is 442 g/mol. The lowest BCUT2D eigenvalue weighted by Gasteiger charge is -2.31. The van der Waals surface area contributed by atoms with Crippen molar-refractivity contribution >= 4 is 17.0 Å². The molecular weight excluding hydrogens is 414 g/mol. The van der Waals surface area contributed by atoms with Crippen LogP contribution in [0.25, 0.3) is 11.0 Å². The Labute approximate surface area is 193 Å². The first-order valence-corrected chi connectivity index (χ1v) is 11.3. The standard InChI is InChI=1S/C26H27N5O2/c1-33-26(32)21-5-3-19(4-6-21)17-31-14-9-22-15-23(16-29-25(22)31)20-7-12-30(13-8-20)18-24-27-10-2-11-28-24/h2-6,9-11,14-16,20H,7-8,12-13,17-18H2,1H3. The fourth-order valence-electron chi connectivity index (χ4n) is 4.54.